The van der Waals surface area contributed by atoms with Crippen molar-refractivity contribution in [1.82, 2.24) is 9.97 Å². The minimum Gasteiger partial charge on any atom is -0.495 e. The molecular formula is C15H10BrF3N2O. The Labute approximate surface area is 132 Å². The molecule has 0 spiro atoms. The van der Waals surface area contributed by atoms with E-state index in [9.17, 15) is 13.2 Å². The molecule has 1 heterocycles. The van der Waals surface area contributed by atoms with E-state index < -0.39 is 11.7 Å². The fourth-order valence-corrected chi connectivity index (χ4v) is 2.79. The van der Waals surface area contributed by atoms with E-state index in [0.717, 1.165) is 6.07 Å². The predicted octanol–water partition coefficient (Wildman–Crippen LogP) is 5.02. The van der Waals surface area contributed by atoms with E-state index in [1.54, 1.807) is 24.3 Å². The predicted molar refractivity (Wildman–Crippen MR) is 80.8 cm³/mol. The number of hydrogen-bond donors (Lipinski definition) is 1. The van der Waals surface area contributed by atoms with Gasteiger partial charge in [-0.2, -0.15) is 13.2 Å². The number of nitrogens with zero attached hydrogens (tertiary/aromatic N) is 1. The van der Waals surface area contributed by atoms with Gasteiger partial charge in [0.1, 0.15) is 11.6 Å². The van der Waals surface area contributed by atoms with E-state index in [1.807, 2.05) is 0 Å². The van der Waals surface area contributed by atoms with Crippen LogP contribution >= 0.6 is 15.9 Å². The zero-order valence-corrected chi connectivity index (χ0v) is 12.9. The molecule has 1 aromatic heterocycles. The molecule has 0 fully saturated rings. The molecule has 0 amide bonds. The molecule has 0 saturated carbocycles. The molecule has 0 radical (unpaired) electrons. The largest absolute Gasteiger partial charge is 0.495 e. The van der Waals surface area contributed by atoms with Gasteiger partial charge in [0.25, 0.3) is 0 Å². The van der Waals surface area contributed by atoms with Crippen molar-refractivity contribution in [3.63, 3.8) is 0 Å². The van der Waals surface area contributed by atoms with Crippen LogP contribution in [0.2, 0.25) is 0 Å². The van der Waals surface area contributed by atoms with E-state index in [-0.39, 0.29) is 17.1 Å². The number of hydrogen-bond acceptors (Lipinski definition) is 2. The lowest BCUT2D eigenvalue weighted by molar-refractivity contribution is -0.137. The van der Waals surface area contributed by atoms with Gasteiger partial charge in [0.2, 0.25) is 0 Å². The summed E-state index contributed by atoms with van der Waals surface area (Å²) in [7, 11) is 1.33. The fraction of sp³-hybridized carbons (Fsp3) is 0.133. The number of aromatic nitrogens is 2. The Morgan fingerprint density at radius 3 is 2.50 bits per heavy atom. The number of fused-ring (bicyclic) bond motifs is 1. The fourth-order valence-electron chi connectivity index (χ4n) is 2.30. The maximum absolute atomic E-state index is 13.3. The Morgan fingerprint density at radius 1 is 1.14 bits per heavy atom. The first-order valence-electron chi connectivity index (χ1n) is 6.30. The number of halogens is 4. The van der Waals surface area contributed by atoms with Crippen LogP contribution in [0.15, 0.2) is 40.9 Å². The van der Waals surface area contributed by atoms with Crippen LogP contribution in [0.1, 0.15) is 5.56 Å². The first kappa shape index (κ1) is 14.9. The van der Waals surface area contributed by atoms with Crippen LogP contribution in [0.3, 0.4) is 0 Å². The molecule has 3 rings (SSSR count). The molecule has 0 atom stereocenters. The van der Waals surface area contributed by atoms with Crippen molar-refractivity contribution in [2.24, 2.45) is 0 Å². The molecule has 7 heteroatoms. The molecule has 0 unspecified atom stereocenters. The van der Waals surface area contributed by atoms with Crippen LogP contribution in [0.4, 0.5) is 13.2 Å². The molecule has 3 aromatic rings. The molecule has 1 N–H and O–H groups in total. The van der Waals surface area contributed by atoms with Crippen LogP contribution in [-0.2, 0) is 6.18 Å². The number of imidazole rings is 1. The van der Waals surface area contributed by atoms with Crippen LogP contribution in [0.5, 0.6) is 5.75 Å². The first-order chi connectivity index (χ1) is 10.4. The first-order valence-corrected chi connectivity index (χ1v) is 7.10. The average Bonchev–Trinajstić information content (AvgIpc) is 2.89. The lowest BCUT2D eigenvalue weighted by Gasteiger charge is -2.15. The Hall–Kier alpha value is -2.02. The number of rotatable bonds is 2. The lowest BCUT2D eigenvalue weighted by Crippen LogP contribution is -2.09. The summed E-state index contributed by atoms with van der Waals surface area (Å²) in [5.74, 6) is 0.209. The monoisotopic (exact) mass is 370 g/mol. The van der Waals surface area contributed by atoms with Gasteiger partial charge in [0.15, 0.2) is 0 Å². The smallest absolute Gasteiger partial charge is 0.417 e. The number of methoxy groups -OCH3 is 1. The van der Waals surface area contributed by atoms with Gasteiger partial charge < -0.3 is 9.72 Å². The number of H-pyrrole nitrogens is 1. The Balaban J connectivity index is 2.34. The van der Waals surface area contributed by atoms with Gasteiger partial charge in [-0.05, 0) is 40.2 Å². The topological polar surface area (TPSA) is 37.9 Å². The summed E-state index contributed by atoms with van der Waals surface area (Å²) >= 11 is 3.22. The molecule has 0 bridgehead atoms. The van der Waals surface area contributed by atoms with Crippen LogP contribution in [0.25, 0.3) is 22.4 Å². The summed E-state index contributed by atoms with van der Waals surface area (Å²) in [6.45, 7) is 0. The summed E-state index contributed by atoms with van der Waals surface area (Å²) < 4.78 is 45.6. The molecule has 22 heavy (non-hydrogen) atoms. The van der Waals surface area contributed by atoms with E-state index in [0.29, 0.717) is 15.5 Å². The van der Waals surface area contributed by atoms with Crippen molar-refractivity contribution in [3.05, 3.63) is 46.4 Å². The molecule has 0 aliphatic heterocycles. The lowest BCUT2D eigenvalue weighted by atomic mass is 10.1. The molecule has 3 nitrogen and oxygen atoms in total. The van der Waals surface area contributed by atoms with Crippen LogP contribution in [-0.4, -0.2) is 17.1 Å². The van der Waals surface area contributed by atoms with Crippen molar-refractivity contribution >= 4 is 27.0 Å². The summed E-state index contributed by atoms with van der Waals surface area (Å²) in [5, 5.41) is 0. The highest BCUT2D eigenvalue weighted by molar-refractivity contribution is 9.10. The average molecular weight is 371 g/mol. The summed E-state index contributed by atoms with van der Waals surface area (Å²) in [6.07, 6.45) is -4.51. The summed E-state index contributed by atoms with van der Waals surface area (Å²) in [5.41, 5.74) is 0.340. The number of ether oxygens (including phenoxy) is 1. The highest BCUT2D eigenvalue weighted by Crippen LogP contribution is 2.44. The summed E-state index contributed by atoms with van der Waals surface area (Å²) in [6, 6.07) is 9.36. The Bertz CT molecular complexity index is 809. The molecule has 0 aliphatic carbocycles. The maximum atomic E-state index is 13.3. The Kier molecular flexibility index (Phi) is 3.60. The maximum Gasteiger partial charge on any atom is 0.417 e. The van der Waals surface area contributed by atoms with Crippen molar-refractivity contribution in [2.45, 2.75) is 6.18 Å². The van der Waals surface area contributed by atoms with Gasteiger partial charge in [-0.3, -0.25) is 0 Å². The highest BCUT2D eigenvalue weighted by atomic mass is 79.9. The van der Waals surface area contributed by atoms with Crippen molar-refractivity contribution in [1.29, 1.82) is 0 Å². The normalized spacial score (nSPS) is 11.9. The van der Waals surface area contributed by atoms with Crippen molar-refractivity contribution < 1.29 is 17.9 Å². The molecule has 2 aromatic carbocycles. The van der Waals surface area contributed by atoms with Gasteiger partial charge in [0.05, 0.1) is 33.7 Å². The van der Waals surface area contributed by atoms with E-state index in [1.165, 1.54) is 13.2 Å². The highest BCUT2D eigenvalue weighted by Gasteiger charge is 2.36. The standard InChI is InChI=1S/C15H10BrF3N2O/c1-22-13-9(16)7-6-8(15(17,18)19)12(13)14-20-10-4-2-3-5-11(10)21-14/h2-7H,1H3,(H,20,21). The van der Waals surface area contributed by atoms with Crippen LogP contribution < -0.4 is 4.74 Å². The van der Waals surface area contributed by atoms with Gasteiger partial charge in [-0.15, -0.1) is 0 Å². The second-order valence-electron chi connectivity index (χ2n) is 4.60. The zero-order valence-electron chi connectivity index (χ0n) is 11.3. The van der Waals surface area contributed by atoms with E-state index in [4.69, 9.17) is 4.74 Å². The molecule has 0 saturated heterocycles. The van der Waals surface area contributed by atoms with Crippen molar-refractivity contribution in [3.8, 4) is 17.1 Å². The second kappa shape index (κ2) is 5.31. The van der Waals surface area contributed by atoms with Gasteiger partial charge in [-0.25, -0.2) is 4.98 Å². The Morgan fingerprint density at radius 2 is 1.86 bits per heavy atom. The second-order valence-corrected chi connectivity index (χ2v) is 5.46. The molecule has 0 aliphatic rings. The minimum atomic E-state index is -4.51. The molecular weight excluding hydrogens is 361 g/mol. The number of aromatic amines is 1. The minimum absolute atomic E-state index is 0.0916. The number of nitrogens with one attached hydrogen (secondary N) is 1. The van der Waals surface area contributed by atoms with Gasteiger partial charge in [-0.1, -0.05) is 12.1 Å². The van der Waals surface area contributed by atoms with Crippen molar-refractivity contribution in [2.75, 3.05) is 7.11 Å². The zero-order chi connectivity index (χ0) is 15.9. The number of para-hydroxylation sites is 2. The number of alkyl halides is 3. The summed E-state index contributed by atoms with van der Waals surface area (Å²) in [4.78, 5) is 7.16. The van der Waals surface area contributed by atoms with Crippen LogP contribution in [0, 0.1) is 0 Å². The quantitative estimate of drug-likeness (QED) is 0.687. The van der Waals surface area contributed by atoms with E-state index >= 15 is 0 Å². The number of benzene rings is 2. The SMILES string of the molecule is COc1c(Br)ccc(C(F)(F)F)c1-c1nc2ccccc2[nH]1. The van der Waals surface area contributed by atoms with Gasteiger partial charge >= 0.3 is 6.18 Å². The third-order valence-corrected chi connectivity index (χ3v) is 3.87. The molecule has 114 valence electrons. The third-order valence-electron chi connectivity index (χ3n) is 3.25. The third kappa shape index (κ3) is 2.45. The van der Waals surface area contributed by atoms with Gasteiger partial charge in [0, 0.05) is 0 Å². The van der Waals surface area contributed by atoms with E-state index in [2.05, 4.69) is 25.9 Å².